The van der Waals surface area contributed by atoms with Crippen LogP contribution in [-0.4, -0.2) is 35.9 Å². The fraction of sp³-hybridized carbons (Fsp3) is 0.524. The van der Waals surface area contributed by atoms with Crippen LogP contribution in [0.25, 0.3) is 0 Å². The molecular formula is C21H26N4. The summed E-state index contributed by atoms with van der Waals surface area (Å²) in [6.07, 6.45) is 7.22. The SMILES string of the molecule is c1ccc2c(c1)CC(NCC1CN(c3cc4c(nn3)CCCC4)C1)C2. The van der Waals surface area contributed by atoms with E-state index < -0.39 is 0 Å². The summed E-state index contributed by atoms with van der Waals surface area (Å²) in [5, 5.41) is 12.7. The van der Waals surface area contributed by atoms with Crippen LogP contribution in [0.2, 0.25) is 0 Å². The Labute approximate surface area is 149 Å². The first-order valence-electron chi connectivity index (χ1n) is 9.76. The fourth-order valence-corrected chi connectivity index (χ4v) is 4.56. The lowest BCUT2D eigenvalue weighted by molar-refractivity contribution is 0.360. The maximum absolute atomic E-state index is 4.47. The summed E-state index contributed by atoms with van der Waals surface area (Å²) in [6, 6.07) is 11.8. The summed E-state index contributed by atoms with van der Waals surface area (Å²) >= 11 is 0. The molecule has 4 heteroatoms. The van der Waals surface area contributed by atoms with Gasteiger partial charge in [-0.25, -0.2) is 0 Å². The molecule has 4 nitrogen and oxygen atoms in total. The van der Waals surface area contributed by atoms with E-state index >= 15 is 0 Å². The highest BCUT2D eigenvalue weighted by atomic mass is 15.3. The van der Waals surface area contributed by atoms with Gasteiger partial charge in [0, 0.05) is 31.6 Å². The Morgan fingerprint density at radius 1 is 0.960 bits per heavy atom. The molecule has 0 saturated carbocycles. The lowest BCUT2D eigenvalue weighted by Crippen LogP contribution is -2.52. The number of hydrogen-bond acceptors (Lipinski definition) is 4. The van der Waals surface area contributed by atoms with Crippen LogP contribution in [0.4, 0.5) is 5.82 Å². The Bertz CT molecular complexity index is 741. The van der Waals surface area contributed by atoms with Crippen molar-refractivity contribution in [2.24, 2.45) is 5.92 Å². The molecular weight excluding hydrogens is 308 g/mol. The van der Waals surface area contributed by atoms with Crippen LogP contribution >= 0.6 is 0 Å². The summed E-state index contributed by atoms with van der Waals surface area (Å²) in [4.78, 5) is 2.39. The first kappa shape index (κ1) is 15.3. The van der Waals surface area contributed by atoms with Gasteiger partial charge in [0.1, 0.15) is 0 Å². The summed E-state index contributed by atoms with van der Waals surface area (Å²) in [5.41, 5.74) is 5.72. The molecule has 0 bridgehead atoms. The van der Waals surface area contributed by atoms with Crippen molar-refractivity contribution < 1.29 is 0 Å². The molecule has 0 spiro atoms. The van der Waals surface area contributed by atoms with Crippen LogP contribution in [0.3, 0.4) is 0 Å². The lowest BCUT2D eigenvalue weighted by Gasteiger charge is -2.40. The van der Waals surface area contributed by atoms with E-state index in [1.54, 1.807) is 0 Å². The number of anilines is 1. The predicted octanol–water partition coefficient (Wildman–Crippen LogP) is 2.55. The van der Waals surface area contributed by atoms with Crippen molar-refractivity contribution in [2.75, 3.05) is 24.5 Å². The fourth-order valence-electron chi connectivity index (χ4n) is 4.56. The molecule has 25 heavy (non-hydrogen) atoms. The van der Waals surface area contributed by atoms with Crippen molar-refractivity contribution in [3.8, 4) is 0 Å². The molecule has 1 aromatic heterocycles. The Morgan fingerprint density at radius 3 is 2.52 bits per heavy atom. The summed E-state index contributed by atoms with van der Waals surface area (Å²) in [7, 11) is 0. The minimum absolute atomic E-state index is 0.620. The summed E-state index contributed by atoms with van der Waals surface area (Å²) in [6.45, 7) is 3.34. The third kappa shape index (κ3) is 3.04. The van der Waals surface area contributed by atoms with Gasteiger partial charge in [-0.05, 0) is 61.3 Å². The lowest BCUT2D eigenvalue weighted by atomic mass is 9.95. The zero-order valence-corrected chi connectivity index (χ0v) is 14.7. The van der Waals surface area contributed by atoms with Gasteiger partial charge < -0.3 is 10.2 Å². The second kappa shape index (κ2) is 6.41. The van der Waals surface area contributed by atoms with Crippen LogP contribution in [0.15, 0.2) is 30.3 Å². The normalized spacial score (nSPS) is 20.2. The van der Waals surface area contributed by atoms with E-state index in [-0.39, 0.29) is 0 Å². The molecule has 0 radical (unpaired) electrons. The van der Waals surface area contributed by atoms with Crippen molar-refractivity contribution in [2.45, 2.75) is 44.6 Å². The van der Waals surface area contributed by atoms with Crippen molar-refractivity contribution in [3.63, 3.8) is 0 Å². The smallest absolute Gasteiger partial charge is 0.151 e. The van der Waals surface area contributed by atoms with E-state index in [1.807, 2.05) is 0 Å². The highest BCUT2D eigenvalue weighted by Gasteiger charge is 2.30. The van der Waals surface area contributed by atoms with E-state index in [4.69, 9.17) is 0 Å². The van der Waals surface area contributed by atoms with Gasteiger partial charge in [0.2, 0.25) is 0 Å². The van der Waals surface area contributed by atoms with E-state index in [9.17, 15) is 0 Å². The molecule has 1 aliphatic heterocycles. The van der Waals surface area contributed by atoms with Gasteiger partial charge >= 0.3 is 0 Å². The second-order valence-electron chi connectivity index (χ2n) is 7.93. The Balaban J connectivity index is 1.12. The monoisotopic (exact) mass is 334 g/mol. The van der Waals surface area contributed by atoms with Crippen LogP contribution in [0.5, 0.6) is 0 Å². The van der Waals surface area contributed by atoms with E-state index in [0.717, 1.165) is 37.8 Å². The highest BCUT2D eigenvalue weighted by molar-refractivity contribution is 5.44. The topological polar surface area (TPSA) is 41.0 Å². The number of nitrogens with one attached hydrogen (secondary N) is 1. The van der Waals surface area contributed by atoms with Crippen LogP contribution in [-0.2, 0) is 25.7 Å². The largest absolute Gasteiger partial charge is 0.354 e. The Hall–Kier alpha value is -1.94. The van der Waals surface area contributed by atoms with Crippen molar-refractivity contribution in [1.82, 2.24) is 15.5 Å². The van der Waals surface area contributed by atoms with Gasteiger partial charge in [-0.1, -0.05) is 24.3 Å². The third-order valence-electron chi connectivity index (χ3n) is 6.08. The number of fused-ring (bicyclic) bond motifs is 2. The number of nitrogens with zero attached hydrogens (tertiary/aromatic N) is 3. The molecule has 1 saturated heterocycles. The van der Waals surface area contributed by atoms with Crippen LogP contribution < -0.4 is 10.2 Å². The number of aromatic nitrogens is 2. The molecule has 1 N–H and O–H groups in total. The molecule has 1 fully saturated rings. The average molecular weight is 334 g/mol. The first-order chi connectivity index (χ1) is 12.3. The van der Waals surface area contributed by atoms with E-state index in [0.29, 0.717) is 6.04 Å². The molecule has 2 aliphatic carbocycles. The zero-order chi connectivity index (χ0) is 16.6. The number of benzene rings is 1. The van der Waals surface area contributed by atoms with Gasteiger partial charge in [0.15, 0.2) is 5.82 Å². The minimum Gasteiger partial charge on any atom is -0.354 e. The predicted molar refractivity (Wildman–Crippen MR) is 100 cm³/mol. The average Bonchev–Trinajstić information content (AvgIpc) is 3.03. The Morgan fingerprint density at radius 2 is 1.72 bits per heavy atom. The molecule has 0 atom stereocenters. The van der Waals surface area contributed by atoms with E-state index in [1.165, 1.54) is 54.5 Å². The van der Waals surface area contributed by atoms with Crippen molar-refractivity contribution in [3.05, 3.63) is 52.7 Å². The first-order valence-corrected chi connectivity index (χ1v) is 9.76. The van der Waals surface area contributed by atoms with Gasteiger partial charge in [-0.15, -0.1) is 5.10 Å². The number of hydrogen-bond donors (Lipinski definition) is 1. The van der Waals surface area contributed by atoms with Gasteiger partial charge in [-0.3, -0.25) is 0 Å². The quantitative estimate of drug-likeness (QED) is 0.933. The maximum Gasteiger partial charge on any atom is 0.151 e. The number of aryl methyl sites for hydroxylation is 2. The molecule has 2 heterocycles. The molecule has 1 aromatic carbocycles. The van der Waals surface area contributed by atoms with E-state index in [2.05, 4.69) is 50.7 Å². The van der Waals surface area contributed by atoms with Crippen LogP contribution in [0.1, 0.15) is 35.2 Å². The standard InChI is InChI=1S/C21H26N4/c1-2-6-17-10-19(9-16(17)5-1)22-12-15-13-25(14-15)21-11-18-7-3-4-8-20(18)23-24-21/h1-2,5-6,11,15,19,22H,3-4,7-10,12-14H2. The third-order valence-corrected chi connectivity index (χ3v) is 6.08. The van der Waals surface area contributed by atoms with Gasteiger partial charge in [-0.2, -0.15) is 5.10 Å². The van der Waals surface area contributed by atoms with Gasteiger partial charge in [0.25, 0.3) is 0 Å². The molecule has 130 valence electrons. The Kier molecular flexibility index (Phi) is 3.93. The maximum atomic E-state index is 4.47. The minimum atomic E-state index is 0.620. The summed E-state index contributed by atoms with van der Waals surface area (Å²) in [5.74, 6) is 1.83. The van der Waals surface area contributed by atoms with Crippen molar-refractivity contribution >= 4 is 5.82 Å². The number of rotatable bonds is 4. The molecule has 3 aliphatic rings. The van der Waals surface area contributed by atoms with Gasteiger partial charge in [0.05, 0.1) is 5.69 Å². The van der Waals surface area contributed by atoms with Crippen molar-refractivity contribution in [1.29, 1.82) is 0 Å². The zero-order valence-electron chi connectivity index (χ0n) is 14.7. The highest BCUT2D eigenvalue weighted by Crippen LogP contribution is 2.27. The van der Waals surface area contributed by atoms with Crippen LogP contribution in [0, 0.1) is 5.92 Å². The molecule has 2 aromatic rings. The molecule has 5 rings (SSSR count). The summed E-state index contributed by atoms with van der Waals surface area (Å²) < 4.78 is 0. The molecule has 0 amide bonds. The molecule has 0 unspecified atom stereocenters. The second-order valence-corrected chi connectivity index (χ2v) is 7.93.